The van der Waals surface area contributed by atoms with E-state index in [0.29, 0.717) is 138 Å². The van der Waals surface area contributed by atoms with Crippen LogP contribution < -0.4 is 0 Å². The van der Waals surface area contributed by atoms with Crippen molar-refractivity contribution in [3.63, 3.8) is 0 Å². The van der Waals surface area contributed by atoms with Gasteiger partial charge < -0.3 is 67.5 Å². The van der Waals surface area contributed by atoms with Gasteiger partial charge in [-0.2, -0.15) is 27.0 Å². The lowest BCUT2D eigenvalue weighted by atomic mass is 9.84. The minimum atomic E-state index is -1.07. The Balaban J connectivity index is -0.00000136. The number of halogens is 10. The zero-order valence-corrected chi connectivity index (χ0v) is 98.0. The van der Waals surface area contributed by atoms with Crippen LogP contribution in [0.5, 0.6) is 0 Å². The van der Waals surface area contributed by atoms with Gasteiger partial charge in [-0.05, 0) is 143 Å². The number of aliphatic hydroxyl groups is 2. The van der Waals surface area contributed by atoms with Crippen molar-refractivity contribution in [1.29, 1.82) is 0 Å². The van der Waals surface area contributed by atoms with Gasteiger partial charge in [0.15, 0.2) is 0 Å². The summed E-state index contributed by atoms with van der Waals surface area (Å²) in [6, 6.07) is 24.0. The molecule has 0 radical (unpaired) electrons. The fourth-order valence-electron chi connectivity index (χ4n) is 10.2. The zero-order valence-electron chi connectivity index (χ0n) is 66.4. The van der Waals surface area contributed by atoms with E-state index in [0.717, 1.165) is 85.9 Å². The van der Waals surface area contributed by atoms with Gasteiger partial charge in [0.1, 0.15) is 69.5 Å². The SMILES string of the molecule is COCc1cc(Cl)nc(C2(C=O)CCOC2)c1.COCc1cc(Cl)nc(C23CCOCC2O3)c1.COCc1cc(Cl)nc(C2=CCOCC2)c1.COCc1cc(Cl)nc(Cl)c1.COCc1cc(Cl)nc([C@]2(CO)CCOC2)c1.O=C(O)c1cc(Cl)nc(Cl)c1.OCc1cc(Cl)nc(Cl)c1.S.S.S=S.S=S=S.S=S=S=S.S=S=S=S=S.S=S=S=S=S=S.S=S=S=S=S=S=S. The summed E-state index contributed by atoms with van der Waals surface area (Å²) in [5.74, 6) is -1.07. The molecule has 5 aliphatic heterocycles. The largest absolute Gasteiger partial charge is 0.478 e. The molecule has 0 aliphatic carbocycles. The number of aliphatic hydroxyl groups excluding tert-OH is 2. The number of carbonyl (C=O) groups excluding carboxylic acids is 1. The molecule has 128 heavy (non-hydrogen) atoms. The predicted octanol–water partition coefficient (Wildman–Crippen LogP) is 14.5. The first-order valence-electron chi connectivity index (χ1n) is 33.7. The maximum absolute atomic E-state index is 11.3. The molecule has 0 amide bonds. The second-order valence-electron chi connectivity index (χ2n) is 23.3. The van der Waals surface area contributed by atoms with Gasteiger partial charge in [-0.25, -0.2) is 39.7 Å². The number of carboxylic acids is 1. The number of hydrogen-bond acceptors (Lipinski definition) is 33. The number of epoxide rings is 1. The van der Waals surface area contributed by atoms with E-state index in [2.05, 4.69) is 175 Å². The highest BCUT2D eigenvalue weighted by Crippen LogP contribution is 2.51. The first-order chi connectivity index (χ1) is 60.5. The highest BCUT2D eigenvalue weighted by molar-refractivity contribution is 8.68. The summed E-state index contributed by atoms with van der Waals surface area (Å²) >= 11 is 108. The summed E-state index contributed by atoms with van der Waals surface area (Å²) < 4.78 is 52.3. The lowest BCUT2D eigenvalue weighted by Crippen LogP contribution is -2.32. The molecule has 4 saturated heterocycles. The van der Waals surface area contributed by atoms with Crippen molar-refractivity contribution in [2.45, 2.75) is 87.9 Å². The molecule has 7 aromatic heterocycles. The van der Waals surface area contributed by atoms with Crippen LogP contribution in [0.4, 0.5) is 0 Å². The van der Waals surface area contributed by atoms with E-state index in [4.69, 9.17) is 174 Å². The van der Waals surface area contributed by atoms with Crippen molar-refractivity contribution < 1.29 is 72.3 Å². The van der Waals surface area contributed by atoms with Gasteiger partial charge in [-0.15, -0.1) is 0 Å². The number of hydrogen-bond donors (Lipinski definition) is 3. The maximum atomic E-state index is 11.3. The molecule has 0 spiro atoms. The third-order valence-electron chi connectivity index (χ3n) is 15.3. The number of carbonyl (C=O) groups is 2. The molecule has 4 atom stereocenters. The maximum Gasteiger partial charge on any atom is 0.335 e. The van der Waals surface area contributed by atoms with Crippen LogP contribution in [0.1, 0.15) is 92.2 Å². The van der Waals surface area contributed by atoms with Gasteiger partial charge in [0, 0.05) is 329 Å². The Kier molecular flexibility index (Phi) is 87.6. The first-order valence-corrected chi connectivity index (χ1v) is 65.4. The molecule has 7 aromatic rings. The molecule has 12 heterocycles. The van der Waals surface area contributed by atoms with Crippen molar-refractivity contribution in [2.75, 3.05) is 95.0 Å². The lowest BCUT2D eigenvalue weighted by Gasteiger charge is -2.24. The molecule has 4 fully saturated rings. The second kappa shape index (κ2) is 83.6. The zero-order chi connectivity index (χ0) is 94.7. The molecule has 714 valence electrons. The summed E-state index contributed by atoms with van der Waals surface area (Å²) in [5, 5.41) is 30.1. The molecule has 3 N–H and O–H groups in total. The summed E-state index contributed by atoms with van der Waals surface area (Å²) in [6.45, 7) is 7.33. The standard InChI is InChI=1S/C12H14ClNO3.C12H16ClNO3.C12H14ClNO3.C12H14ClNO2.C7H7Cl2NO.C6H3Cl2NO2.C6H5Cl2NO.S7.S6.S5.S4.S3.S2.2H2S/c1-15-6-8-4-9(14-11(13)5-8)12-2-3-16-7-10(12)17-12;2*1-16-6-9-4-10(14-11(13)5-9)12(7-15)2-3-17-8-12;1-15-8-9-6-11(14-12(13)7-9)10-2-4-16-5-3-10;1-11-4-5-2-6(8)10-7(9)3-5;7-4-1-3(6(10)11)2-5(8)9-4;7-5-1-4(3-10)2-6(8)9-5;1-3-5-7-6-4-2;1-3-5-6-4-2;1-3-5-4-2;1-3-4-2;1-3-2;1-2;;/h4-5,10H,2-3,6-7H2,1H3;4-5,15H,2-3,6-8H2,1H3;4-5,7H,2-3,6,8H2,1H3;2,6-7H,3-5,8H2,1H3;2-3H,4H2,1H3;1-2H,(H,10,11);1-2,10H,3H2;;;;;;;2*1H2/t;12-;;;;;;;;;;;;;/m.0............./s1. The number of aromatic carboxylic acids is 1. The van der Waals surface area contributed by atoms with Crippen LogP contribution in [0.25, 0.3) is 5.57 Å². The Morgan fingerprint density at radius 1 is 0.438 bits per heavy atom. The minimum Gasteiger partial charge on any atom is -0.478 e. The molecule has 22 nitrogen and oxygen atoms in total. The monoisotopic (exact) mass is 2500 g/mol. The highest BCUT2D eigenvalue weighted by Gasteiger charge is 2.60. The third kappa shape index (κ3) is 58.4. The Hall–Kier alpha value is 1.99. The topological polar surface area (TPSA) is 281 Å². The van der Waals surface area contributed by atoms with Gasteiger partial charge in [0.2, 0.25) is 0 Å². The van der Waals surface area contributed by atoms with E-state index in [1.54, 1.807) is 98.6 Å². The summed E-state index contributed by atoms with van der Waals surface area (Å²) in [6.07, 6.45) is 6.25. The van der Waals surface area contributed by atoms with Crippen molar-refractivity contribution in [2.24, 2.45) is 0 Å². The van der Waals surface area contributed by atoms with Crippen LogP contribution in [-0.4, -0.2) is 164 Å². The first kappa shape index (κ1) is 134. The van der Waals surface area contributed by atoms with Crippen LogP contribution in [0, 0.1) is 0 Å². The number of nitrogens with zero attached hydrogens (tertiary/aromatic N) is 7. The minimum absolute atomic E-state index is 0. The molecule has 12 rings (SSSR count). The van der Waals surface area contributed by atoms with Crippen molar-refractivity contribution in [3.05, 3.63) is 204 Å². The summed E-state index contributed by atoms with van der Waals surface area (Å²) in [7, 11) is 28.4. The number of methoxy groups -OCH3 is 5. The second-order valence-corrected chi connectivity index (χ2v) is 53.7. The van der Waals surface area contributed by atoms with Crippen molar-refractivity contribution in [3.8, 4) is 0 Å². The summed E-state index contributed by atoms with van der Waals surface area (Å²) in [4.78, 5) is 50.0. The van der Waals surface area contributed by atoms with Gasteiger partial charge >= 0.3 is 5.97 Å². The highest BCUT2D eigenvalue weighted by atomic mass is 35.5. The van der Waals surface area contributed by atoms with E-state index < -0.39 is 16.8 Å². The normalized spacial score (nSPS) is 16.1. The fraction of sp³-hybridized carbons (Fsp3) is 0.418. The van der Waals surface area contributed by atoms with E-state index in [-0.39, 0.29) is 67.8 Å². The quantitative estimate of drug-likeness (QED) is 0.0409. The number of aldehydes is 1. The lowest BCUT2D eigenvalue weighted by molar-refractivity contribution is -0.112. The van der Waals surface area contributed by atoms with Crippen LogP contribution in [0.3, 0.4) is 0 Å². The third-order valence-corrected chi connectivity index (χ3v) is 39.4. The average Bonchev–Trinajstić information content (AvgIpc) is 1.56. The van der Waals surface area contributed by atoms with Crippen molar-refractivity contribution >= 4 is 428 Å². The van der Waals surface area contributed by atoms with Gasteiger partial charge in [-0.1, -0.05) is 122 Å². The molecule has 0 aromatic carbocycles. The predicted molar refractivity (Wildman–Crippen MR) is 599 cm³/mol. The van der Waals surface area contributed by atoms with E-state index in [1.165, 1.54) is 115 Å². The number of pyridine rings is 7. The number of rotatable bonds is 18. The molecule has 61 heteroatoms. The van der Waals surface area contributed by atoms with Crippen LogP contribution in [0.2, 0.25) is 51.5 Å². The number of fused-ring (bicyclic) bond motifs is 1. The molecule has 0 saturated carbocycles. The number of ether oxygens (including phenoxy) is 10. The Labute approximate surface area is 909 Å². The van der Waals surface area contributed by atoms with Gasteiger partial charge in [0.05, 0.1) is 118 Å². The number of aromatic nitrogens is 7. The van der Waals surface area contributed by atoms with E-state index in [1.807, 2.05) is 36.4 Å². The van der Waals surface area contributed by atoms with Crippen LogP contribution in [-0.2, 0) is 376 Å². The molecule has 3 unspecified atom stereocenters. The smallest absolute Gasteiger partial charge is 0.335 e. The Morgan fingerprint density at radius 2 is 0.797 bits per heavy atom. The van der Waals surface area contributed by atoms with Crippen LogP contribution >= 0.6 is 143 Å². The van der Waals surface area contributed by atoms with E-state index >= 15 is 0 Å². The molecular weight excluding hydrogens is 2430 g/mol. The molecular formula is C67H77Cl10N7O15S29. The summed E-state index contributed by atoms with van der Waals surface area (Å²) in [5.41, 5.74) is 8.77. The average molecular weight is 2500 g/mol. The van der Waals surface area contributed by atoms with Gasteiger partial charge in [-0.3, -0.25) is 0 Å². The van der Waals surface area contributed by atoms with Gasteiger partial charge in [0.25, 0.3) is 0 Å². The fourth-order valence-corrected chi connectivity index (χ4v) is 29.1. The molecule has 5 aliphatic rings. The van der Waals surface area contributed by atoms with Crippen molar-refractivity contribution in [1.82, 2.24) is 34.9 Å². The van der Waals surface area contributed by atoms with Crippen LogP contribution in [0.15, 0.2) is 91.0 Å². The van der Waals surface area contributed by atoms with E-state index in [9.17, 15) is 14.7 Å². The number of carboxylic acid groups (broad SMARTS) is 1. The Bertz CT molecular complexity index is 5190. The molecule has 0 bridgehead atoms. The Morgan fingerprint density at radius 3 is 1.15 bits per heavy atom.